The van der Waals surface area contributed by atoms with Crippen LogP contribution in [0.15, 0.2) is 18.2 Å². The first kappa shape index (κ1) is 21.4. The van der Waals surface area contributed by atoms with E-state index in [2.05, 4.69) is 10.2 Å². The number of hydrogen-bond donors (Lipinski definition) is 2. The minimum Gasteiger partial charge on any atom is -0.497 e. The maximum absolute atomic E-state index is 12.0. The molecule has 0 radical (unpaired) electrons. The monoisotopic (exact) mass is 371 g/mol. The smallest absolute Gasteiger partial charge is 0.237 e. The molecule has 0 aliphatic carbocycles. The number of amides is 1. The highest BCUT2D eigenvalue weighted by molar-refractivity contribution is 5.85. The second-order valence-corrected chi connectivity index (χ2v) is 6.69. The van der Waals surface area contributed by atoms with Gasteiger partial charge >= 0.3 is 0 Å². The molecule has 1 aliphatic heterocycles. The number of nitrogens with two attached hydrogens (primary N) is 1. The molecule has 7 heteroatoms. The van der Waals surface area contributed by atoms with Gasteiger partial charge in [0.15, 0.2) is 0 Å². The summed E-state index contributed by atoms with van der Waals surface area (Å²) in [5, 5.41) is 2.98. The predicted molar refractivity (Wildman–Crippen MR) is 103 cm³/mol. The van der Waals surface area contributed by atoms with Crippen molar-refractivity contribution in [1.82, 2.24) is 5.32 Å². The second-order valence-electron chi connectivity index (χ2n) is 6.69. The fourth-order valence-electron chi connectivity index (χ4n) is 2.87. The second kappa shape index (κ2) is 9.73. The molecule has 25 heavy (non-hydrogen) atoms. The van der Waals surface area contributed by atoms with Crippen LogP contribution in [0.25, 0.3) is 0 Å². The molecule has 2 atom stereocenters. The van der Waals surface area contributed by atoms with Crippen molar-refractivity contribution < 1.29 is 14.3 Å². The van der Waals surface area contributed by atoms with Crippen LogP contribution in [0, 0.1) is 11.8 Å². The van der Waals surface area contributed by atoms with Gasteiger partial charge in [-0.25, -0.2) is 0 Å². The van der Waals surface area contributed by atoms with E-state index in [1.807, 2.05) is 32.0 Å². The summed E-state index contributed by atoms with van der Waals surface area (Å²) in [5.41, 5.74) is 6.96. The van der Waals surface area contributed by atoms with Crippen LogP contribution in [0.4, 0.5) is 5.69 Å². The summed E-state index contributed by atoms with van der Waals surface area (Å²) in [7, 11) is 3.30. The molecular weight excluding hydrogens is 342 g/mol. The van der Waals surface area contributed by atoms with Gasteiger partial charge in [0.1, 0.15) is 11.5 Å². The number of halogens is 1. The predicted octanol–water partition coefficient (Wildman–Crippen LogP) is 2.05. The van der Waals surface area contributed by atoms with Crippen molar-refractivity contribution in [3.63, 3.8) is 0 Å². The molecule has 1 heterocycles. The highest BCUT2D eigenvalue weighted by Crippen LogP contribution is 2.31. The Bertz CT molecular complexity index is 546. The number of hydrogen-bond acceptors (Lipinski definition) is 5. The number of ether oxygens (including phenoxy) is 2. The summed E-state index contributed by atoms with van der Waals surface area (Å²) >= 11 is 0. The third-order valence-corrected chi connectivity index (χ3v) is 4.57. The van der Waals surface area contributed by atoms with E-state index in [4.69, 9.17) is 15.2 Å². The van der Waals surface area contributed by atoms with E-state index in [1.54, 1.807) is 14.2 Å². The van der Waals surface area contributed by atoms with Crippen LogP contribution in [-0.4, -0.2) is 45.8 Å². The largest absolute Gasteiger partial charge is 0.497 e. The molecule has 1 aromatic carbocycles. The number of carbonyl (C=O) groups is 1. The minimum absolute atomic E-state index is 0. The van der Waals surface area contributed by atoms with Gasteiger partial charge in [-0.2, -0.15) is 0 Å². The number of rotatable bonds is 7. The van der Waals surface area contributed by atoms with E-state index in [0.29, 0.717) is 12.5 Å². The molecular formula is C18H30ClN3O3. The average molecular weight is 372 g/mol. The Morgan fingerprint density at radius 3 is 2.40 bits per heavy atom. The van der Waals surface area contributed by atoms with Crippen LogP contribution in [0.3, 0.4) is 0 Å². The minimum atomic E-state index is -0.440. The van der Waals surface area contributed by atoms with E-state index >= 15 is 0 Å². The van der Waals surface area contributed by atoms with E-state index in [-0.39, 0.29) is 24.2 Å². The zero-order valence-electron chi connectivity index (χ0n) is 15.5. The first-order valence-electron chi connectivity index (χ1n) is 8.46. The van der Waals surface area contributed by atoms with Crippen LogP contribution in [0.1, 0.15) is 20.3 Å². The summed E-state index contributed by atoms with van der Waals surface area (Å²) in [5.74, 6) is 2.07. The zero-order valence-corrected chi connectivity index (χ0v) is 16.3. The van der Waals surface area contributed by atoms with Gasteiger partial charge < -0.3 is 25.4 Å². The van der Waals surface area contributed by atoms with Gasteiger partial charge in [0.25, 0.3) is 0 Å². The Labute approximate surface area is 156 Å². The normalized spacial score (nSPS) is 17.8. The van der Waals surface area contributed by atoms with E-state index in [1.165, 1.54) is 0 Å². The number of nitrogens with zero attached hydrogens (tertiary/aromatic N) is 1. The van der Waals surface area contributed by atoms with Crippen molar-refractivity contribution in [2.75, 3.05) is 38.8 Å². The molecule has 1 amide bonds. The maximum atomic E-state index is 12.0. The van der Waals surface area contributed by atoms with Crippen LogP contribution in [0.5, 0.6) is 11.5 Å². The highest BCUT2D eigenvalue weighted by Gasteiger charge is 2.25. The van der Waals surface area contributed by atoms with E-state index < -0.39 is 6.04 Å². The first-order chi connectivity index (χ1) is 11.4. The Kier molecular flexibility index (Phi) is 8.32. The SMILES string of the molecule is COc1cc(OC)cc(N2CCC(CNC(=O)[C@@H](N)C(C)C)C2)c1.Cl. The molecule has 0 saturated carbocycles. The summed E-state index contributed by atoms with van der Waals surface area (Å²) in [6.45, 7) is 6.42. The number of methoxy groups -OCH3 is 2. The van der Waals surface area contributed by atoms with E-state index in [0.717, 1.165) is 36.7 Å². The summed E-state index contributed by atoms with van der Waals surface area (Å²) in [6.07, 6.45) is 1.04. The fourth-order valence-corrected chi connectivity index (χ4v) is 2.87. The molecule has 1 aliphatic rings. The van der Waals surface area contributed by atoms with Crippen molar-refractivity contribution in [3.05, 3.63) is 18.2 Å². The molecule has 1 fully saturated rings. The molecule has 6 nitrogen and oxygen atoms in total. The third kappa shape index (κ3) is 5.68. The molecule has 2 rings (SSSR count). The van der Waals surface area contributed by atoms with Crippen molar-refractivity contribution in [2.45, 2.75) is 26.3 Å². The lowest BCUT2D eigenvalue weighted by Gasteiger charge is -2.21. The number of nitrogens with one attached hydrogen (secondary N) is 1. The van der Waals surface area contributed by atoms with Gasteiger partial charge in [-0.3, -0.25) is 4.79 Å². The molecule has 1 aromatic rings. The number of carbonyl (C=O) groups excluding carboxylic acids is 1. The fraction of sp³-hybridized carbons (Fsp3) is 0.611. The molecule has 0 spiro atoms. The van der Waals surface area contributed by atoms with Gasteiger partial charge in [0.05, 0.1) is 20.3 Å². The average Bonchev–Trinajstić information content (AvgIpc) is 3.07. The van der Waals surface area contributed by atoms with Crippen molar-refractivity contribution in [3.8, 4) is 11.5 Å². The summed E-state index contributed by atoms with van der Waals surface area (Å²) in [4.78, 5) is 14.3. The molecule has 3 N–H and O–H groups in total. The van der Waals surface area contributed by atoms with Crippen LogP contribution in [-0.2, 0) is 4.79 Å². The number of anilines is 1. The molecule has 0 aromatic heterocycles. The standard InChI is InChI=1S/C18H29N3O3.ClH/c1-12(2)17(19)18(22)20-10-13-5-6-21(11-13)14-7-15(23-3)9-16(8-14)24-4;/h7-9,12-13,17H,5-6,10-11,19H2,1-4H3,(H,20,22);1H/t13?,17-;/m0./s1. The Morgan fingerprint density at radius 2 is 1.88 bits per heavy atom. The Morgan fingerprint density at radius 1 is 1.28 bits per heavy atom. The molecule has 1 saturated heterocycles. The first-order valence-corrected chi connectivity index (χ1v) is 8.46. The molecule has 142 valence electrons. The van der Waals surface area contributed by atoms with Crippen molar-refractivity contribution in [2.24, 2.45) is 17.6 Å². The van der Waals surface area contributed by atoms with Gasteiger partial charge in [-0.05, 0) is 18.3 Å². The quantitative estimate of drug-likeness (QED) is 0.767. The van der Waals surface area contributed by atoms with Gasteiger partial charge in [-0.15, -0.1) is 12.4 Å². The lowest BCUT2D eigenvalue weighted by Crippen LogP contribution is -2.45. The van der Waals surface area contributed by atoms with Gasteiger partial charge in [-0.1, -0.05) is 13.8 Å². The lowest BCUT2D eigenvalue weighted by atomic mass is 10.0. The lowest BCUT2D eigenvalue weighted by molar-refractivity contribution is -0.123. The van der Waals surface area contributed by atoms with Crippen molar-refractivity contribution in [1.29, 1.82) is 0 Å². The molecule has 0 bridgehead atoms. The number of benzene rings is 1. The van der Waals surface area contributed by atoms with Crippen LogP contribution in [0.2, 0.25) is 0 Å². The topological polar surface area (TPSA) is 76.8 Å². The molecule has 1 unspecified atom stereocenters. The Hall–Kier alpha value is -1.66. The van der Waals surface area contributed by atoms with Gasteiger partial charge in [0.2, 0.25) is 5.91 Å². The maximum Gasteiger partial charge on any atom is 0.237 e. The van der Waals surface area contributed by atoms with E-state index in [9.17, 15) is 4.79 Å². The summed E-state index contributed by atoms with van der Waals surface area (Å²) in [6, 6.07) is 5.45. The Balaban J connectivity index is 0.00000312. The third-order valence-electron chi connectivity index (χ3n) is 4.57. The highest BCUT2D eigenvalue weighted by atomic mass is 35.5. The van der Waals surface area contributed by atoms with Gasteiger partial charge in [0, 0.05) is 43.5 Å². The van der Waals surface area contributed by atoms with Crippen LogP contribution < -0.4 is 25.4 Å². The summed E-state index contributed by atoms with van der Waals surface area (Å²) < 4.78 is 10.7. The van der Waals surface area contributed by atoms with Crippen LogP contribution >= 0.6 is 12.4 Å². The van der Waals surface area contributed by atoms with Crippen molar-refractivity contribution >= 4 is 24.0 Å². The zero-order chi connectivity index (χ0) is 17.7.